The highest BCUT2D eigenvalue weighted by molar-refractivity contribution is 7.98. The highest BCUT2D eigenvalue weighted by Gasteiger charge is 2.21. The maximum absolute atomic E-state index is 11.7. The molecule has 1 aromatic rings. The van der Waals surface area contributed by atoms with Crippen molar-refractivity contribution in [3.63, 3.8) is 0 Å². The Morgan fingerprint density at radius 2 is 2.35 bits per heavy atom. The third kappa shape index (κ3) is 5.19. The summed E-state index contributed by atoms with van der Waals surface area (Å²) in [6.07, 6.45) is 4.21. The highest BCUT2D eigenvalue weighted by Crippen LogP contribution is 2.11. The maximum Gasteiger partial charge on any atom is 0.269 e. The molecule has 0 aliphatic rings. The van der Waals surface area contributed by atoms with Gasteiger partial charge >= 0.3 is 0 Å². The molecule has 1 atom stereocenters. The van der Waals surface area contributed by atoms with Gasteiger partial charge in [0, 0.05) is 12.7 Å². The fourth-order valence-corrected chi connectivity index (χ4v) is 1.91. The van der Waals surface area contributed by atoms with Gasteiger partial charge in [0.2, 0.25) is 0 Å². The van der Waals surface area contributed by atoms with Crippen LogP contribution in [0.2, 0.25) is 0 Å². The third-order valence-corrected chi connectivity index (χ3v) is 2.98. The van der Waals surface area contributed by atoms with Gasteiger partial charge in [-0.05, 0) is 37.5 Å². The molecule has 5 heteroatoms. The predicted octanol–water partition coefficient (Wildman–Crippen LogP) is 1.32. The summed E-state index contributed by atoms with van der Waals surface area (Å²) in [5.74, 6) is 0.613. The van der Waals surface area contributed by atoms with E-state index in [-0.39, 0.29) is 12.5 Å². The molecule has 0 saturated heterocycles. The lowest BCUT2D eigenvalue weighted by Crippen LogP contribution is -2.41. The summed E-state index contributed by atoms with van der Waals surface area (Å²) in [6, 6.07) is 5.16. The average molecular weight is 254 g/mol. The number of pyridine rings is 1. The fraction of sp³-hybridized carbons (Fsp3) is 0.500. The highest BCUT2D eigenvalue weighted by atomic mass is 32.2. The van der Waals surface area contributed by atoms with Crippen molar-refractivity contribution in [2.45, 2.75) is 18.9 Å². The molecule has 0 saturated carbocycles. The van der Waals surface area contributed by atoms with Crippen LogP contribution >= 0.6 is 11.8 Å². The lowest BCUT2D eigenvalue weighted by molar-refractivity contribution is 0.0527. The first-order valence-corrected chi connectivity index (χ1v) is 6.85. The smallest absolute Gasteiger partial charge is 0.269 e. The Morgan fingerprint density at radius 3 is 2.94 bits per heavy atom. The van der Waals surface area contributed by atoms with E-state index in [2.05, 4.69) is 10.3 Å². The number of aromatic nitrogens is 1. The van der Waals surface area contributed by atoms with Crippen LogP contribution in [0.1, 0.15) is 23.8 Å². The second-order valence-corrected chi connectivity index (χ2v) is 5.12. The number of nitrogens with one attached hydrogen (secondary N) is 1. The summed E-state index contributed by atoms with van der Waals surface area (Å²) in [4.78, 5) is 15.6. The van der Waals surface area contributed by atoms with Crippen LogP contribution in [0.15, 0.2) is 24.4 Å². The molecule has 1 heterocycles. The van der Waals surface area contributed by atoms with E-state index in [9.17, 15) is 9.90 Å². The Kier molecular flexibility index (Phi) is 5.44. The normalized spacial score (nSPS) is 14.1. The molecule has 0 aliphatic carbocycles. The zero-order valence-corrected chi connectivity index (χ0v) is 11.0. The van der Waals surface area contributed by atoms with Crippen molar-refractivity contribution in [1.82, 2.24) is 10.3 Å². The molecule has 4 nitrogen and oxygen atoms in total. The number of thioether (sulfide) groups is 1. The van der Waals surface area contributed by atoms with Gasteiger partial charge in [0.05, 0.1) is 5.60 Å². The molecule has 0 bridgehead atoms. The van der Waals surface area contributed by atoms with Gasteiger partial charge in [-0.2, -0.15) is 11.8 Å². The molecule has 1 rings (SSSR count). The Labute approximate surface area is 106 Å². The van der Waals surface area contributed by atoms with E-state index in [1.54, 1.807) is 43.1 Å². The average Bonchev–Trinajstić information content (AvgIpc) is 2.35. The van der Waals surface area contributed by atoms with Crippen molar-refractivity contribution in [3.8, 4) is 0 Å². The molecule has 0 radical (unpaired) electrons. The molecule has 1 amide bonds. The number of carbonyl (C=O) groups excluding carboxylic acids is 1. The van der Waals surface area contributed by atoms with Crippen molar-refractivity contribution in [2.24, 2.45) is 0 Å². The summed E-state index contributed by atoms with van der Waals surface area (Å²) in [7, 11) is 0. The number of hydrogen-bond acceptors (Lipinski definition) is 4. The van der Waals surface area contributed by atoms with Crippen LogP contribution in [0.5, 0.6) is 0 Å². The maximum atomic E-state index is 11.7. The van der Waals surface area contributed by atoms with E-state index in [1.807, 2.05) is 6.26 Å². The van der Waals surface area contributed by atoms with Crippen LogP contribution < -0.4 is 5.32 Å². The van der Waals surface area contributed by atoms with Gasteiger partial charge in [0.25, 0.3) is 5.91 Å². The van der Waals surface area contributed by atoms with Crippen LogP contribution in [0.4, 0.5) is 0 Å². The van der Waals surface area contributed by atoms with Crippen molar-refractivity contribution in [3.05, 3.63) is 30.1 Å². The topological polar surface area (TPSA) is 62.2 Å². The Bertz CT molecular complexity index is 355. The van der Waals surface area contributed by atoms with Crippen LogP contribution in [-0.2, 0) is 0 Å². The largest absolute Gasteiger partial charge is 0.388 e. The molecule has 2 N–H and O–H groups in total. The molecule has 17 heavy (non-hydrogen) atoms. The van der Waals surface area contributed by atoms with E-state index in [0.29, 0.717) is 12.1 Å². The Hall–Kier alpha value is -1.07. The quantitative estimate of drug-likeness (QED) is 0.803. The van der Waals surface area contributed by atoms with Crippen molar-refractivity contribution >= 4 is 17.7 Å². The first-order valence-electron chi connectivity index (χ1n) is 5.46. The molecular weight excluding hydrogens is 236 g/mol. The molecule has 0 spiro atoms. The lowest BCUT2D eigenvalue weighted by Gasteiger charge is -2.23. The summed E-state index contributed by atoms with van der Waals surface area (Å²) < 4.78 is 0. The molecular formula is C12H18N2O2S. The van der Waals surface area contributed by atoms with Gasteiger partial charge in [-0.25, -0.2) is 0 Å². The minimum atomic E-state index is -0.868. The Balaban J connectivity index is 2.43. The summed E-state index contributed by atoms with van der Waals surface area (Å²) >= 11 is 1.67. The second-order valence-electron chi connectivity index (χ2n) is 4.14. The molecule has 0 aromatic carbocycles. The first kappa shape index (κ1) is 14.0. The number of hydrogen-bond donors (Lipinski definition) is 2. The molecule has 0 aliphatic heterocycles. The van der Waals surface area contributed by atoms with Gasteiger partial charge in [0.1, 0.15) is 5.69 Å². The van der Waals surface area contributed by atoms with E-state index < -0.39 is 5.60 Å². The van der Waals surface area contributed by atoms with Gasteiger partial charge in [-0.15, -0.1) is 0 Å². The summed E-state index contributed by atoms with van der Waals surface area (Å²) in [6.45, 7) is 1.96. The predicted molar refractivity (Wildman–Crippen MR) is 70.2 cm³/mol. The van der Waals surface area contributed by atoms with Gasteiger partial charge in [-0.3, -0.25) is 9.78 Å². The van der Waals surface area contributed by atoms with E-state index >= 15 is 0 Å². The van der Waals surface area contributed by atoms with E-state index in [4.69, 9.17) is 0 Å². The number of rotatable bonds is 6. The van der Waals surface area contributed by atoms with Crippen molar-refractivity contribution in [1.29, 1.82) is 0 Å². The van der Waals surface area contributed by atoms with Crippen LogP contribution in [0, 0.1) is 0 Å². The Morgan fingerprint density at radius 1 is 1.59 bits per heavy atom. The molecule has 94 valence electrons. The number of aliphatic hydroxyl groups is 1. The fourth-order valence-electron chi connectivity index (χ4n) is 1.27. The minimum absolute atomic E-state index is 0.239. The number of amides is 1. The SMILES string of the molecule is CSCC[C@@](C)(O)CNC(=O)c1ccccn1. The molecule has 1 aromatic heterocycles. The lowest BCUT2D eigenvalue weighted by atomic mass is 10.0. The summed E-state index contributed by atoms with van der Waals surface area (Å²) in [5.41, 5.74) is -0.499. The van der Waals surface area contributed by atoms with E-state index in [1.165, 1.54) is 0 Å². The van der Waals surface area contributed by atoms with Crippen molar-refractivity contribution in [2.75, 3.05) is 18.6 Å². The monoisotopic (exact) mass is 254 g/mol. The minimum Gasteiger partial charge on any atom is -0.388 e. The molecule has 0 unspecified atom stereocenters. The van der Waals surface area contributed by atoms with Gasteiger partial charge in [-0.1, -0.05) is 6.07 Å². The zero-order valence-electron chi connectivity index (χ0n) is 10.1. The number of nitrogens with zero attached hydrogens (tertiary/aromatic N) is 1. The molecule has 0 fully saturated rings. The van der Waals surface area contributed by atoms with Gasteiger partial charge in [0.15, 0.2) is 0 Å². The zero-order chi connectivity index (χ0) is 12.7. The standard InChI is InChI=1S/C12H18N2O2S/c1-12(16,6-8-17-2)9-14-11(15)10-5-3-4-7-13-10/h3-5,7,16H,6,8-9H2,1-2H3,(H,14,15)/t12-/m1/s1. The van der Waals surface area contributed by atoms with Gasteiger partial charge < -0.3 is 10.4 Å². The van der Waals surface area contributed by atoms with Crippen molar-refractivity contribution < 1.29 is 9.90 Å². The first-order chi connectivity index (χ1) is 8.05. The number of carbonyl (C=O) groups is 1. The van der Waals surface area contributed by atoms with Crippen LogP contribution in [0.25, 0.3) is 0 Å². The van der Waals surface area contributed by atoms with Crippen LogP contribution in [-0.4, -0.2) is 40.2 Å². The van der Waals surface area contributed by atoms with E-state index in [0.717, 1.165) is 5.75 Å². The third-order valence-electron chi connectivity index (χ3n) is 2.37. The second kappa shape index (κ2) is 6.61. The van der Waals surface area contributed by atoms with Crippen LogP contribution in [0.3, 0.4) is 0 Å². The summed E-state index contributed by atoms with van der Waals surface area (Å²) in [5, 5.41) is 12.7.